The number of likely N-dealkylation sites (tertiary alicyclic amines) is 1. The molecule has 0 bridgehead atoms. The molecule has 0 unspecified atom stereocenters. The second-order valence-corrected chi connectivity index (χ2v) is 10.4. The number of aromatic nitrogens is 4. The summed E-state index contributed by atoms with van der Waals surface area (Å²) in [7, 11) is 1.85. The van der Waals surface area contributed by atoms with Crippen molar-refractivity contribution in [2.75, 3.05) is 19.6 Å². The van der Waals surface area contributed by atoms with Gasteiger partial charge in [0.15, 0.2) is 11.6 Å². The first kappa shape index (κ1) is 26.6. The van der Waals surface area contributed by atoms with Crippen LogP contribution in [0.2, 0.25) is 0 Å². The van der Waals surface area contributed by atoms with Crippen LogP contribution >= 0.6 is 0 Å². The molecular formula is C30H31F2N5O2. The highest BCUT2D eigenvalue weighted by molar-refractivity contribution is 5.82. The lowest BCUT2D eigenvalue weighted by atomic mass is 9.85. The molecule has 0 spiro atoms. The highest BCUT2D eigenvalue weighted by Crippen LogP contribution is 2.36. The lowest BCUT2D eigenvalue weighted by Crippen LogP contribution is -2.26. The van der Waals surface area contributed by atoms with Gasteiger partial charge in [-0.25, -0.2) is 13.5 Å². The number of Topliss-reactive ketones (excluding diaryl/α,β-unsaturated/α-hetero) is 2. The van der Waals surface area contributed by atoms with E-state index in [0.29, 0.717) is 18.7 Å². The molecule has 1 aliphatic rings. The normalized spacial score (nSPS) is 17.6. The van der Waals surface area contributed by atoms with Gasteiger partial charge in [0, 0.05) is 50.7 Å². The highest BCUT2D eigenvalue weighted by atomic mass is 19.2. The SMILES string of the molecule is CC(=O)CN1C[C@@H](CC(=O)Cc2c(C)c(-c3cnn(C)c3)nn2-c2ccccc2)[C@H](c2ccc(F)c(F)c2)C1. The number of hydrogen-bond donors (Lipinski definition) is 0. The first-order valence-electron chi connectivity index (χ1n) is 13.0. The second kappa shape index (κ2) is 11.0. The van der Waals surface area contributed by atoms with Crippen LogP contribution in [0.25, 0.3) is 16.9 Å². The molecule has 1 aliphatic heterocycles. The average Bonchev–Trinajstić information content (AvgIpc) is 3.59. The zero-order valence-electron chi connectivity index (χ0n) is 22.3. The van der Waals surface area contributed by atoms with Crippen molar-refractivity contribution in [2.24, 2.45) is 13.0 Å². The summed E-state index contributed by atoms with van der Waals surface area (Å²) in [5, 5.41) is 9.13. The summed E-state index contributed by atoms with van der Waals surface area (Å²) in [6.07, 6.45) is 4.07. The molecular weight excluding hydrogens is 500 g/mol. The molecule has 7 nitrogen and oxygen atoms in total. The lowest BCUT2D eigenvalue weighted by Gasteiger charge is -2.19. The van der Waals surface area contributed by atoms with E-state index >= 15 is 0 Å². The lowest BCUT2D eigenvalue weighted by molar-refractivity contribution is -0.119. The van der Waals surface area contributed by atoms with Crippen molar-refractivity contribution in [1.29, 1.82) is 0 Å². The zero-order chi connectivity index (χ0) is 27.7. The largest absolute Gasteiger partial charge is 0.299 e. The standard InChI is InChI=1S/C30H31F2N5O2/c1-19(38)15-36-17-22(26(18-36)21-9-10-27(31)28(32)12-21)11-25(39)13-29-20(2)30(23-14-33-35(3)16-23)34-37(29)24-7-5-4-6-8-24/h4-10,12,14,16,22,26H,11,13,15,17-18H2,1-3H3/t22-,26+/m1/s1. The van der Waals surface area contributed by atoms with Crippen LogP contribution < -0.4 is 0 Å². The number of carbonyl (C=O) groups is 2. The van der Waals surface area contributed by atoms with Gasteiger partial charge in [0.25, 0.3) is 0 Å². The van der Waals surface area contributed by atoms with E-state index in [2.05, 4.69) is 5.10 Å². The van der Waals surface area contributed by atoms with Gasteiger partial charge < -0.3 is 0 Å². The zero-order valence-corrected chi connectivity index (χ0v) is 22.3. The van der Waals surface area contributed by atoms with Gasteiger partial charge >= 0.3 is 0 Å². The van der Waals surface area contributed by atoms with Crippen molar-refractivity contribution in [1.82, 2.24) is 24.5 Å². The molecule has 0 aliphatic carbocycles. The Hall–Kier alpha value is -3.98. The summed E-state index contributed by atoms with van der Waals surface area (Å²) in [6, 6.07) is 13.6. The minimum atomic E-state index is -0.909. The molecule has 4 aromatic rings. The Bertz CT molecular complexity index is 1510. The van der Waals surface area contributed by atoms with Crippen LogP contribution in [-0.4, -0.2) is 55.7 Å². The topological polar surface area (TPSA) is 73.0 Å². The number of nitrogens with zero attached hydrogens (tertiary/aromatic N) is 5. The van der Waals surface area contributed by atoms with Gasteiger partial charge in [0.1, 0.15) is 11.6 Å². The second-order valence-electron chi connectivity index (χ2n) is 10.4. The molecule has 2 aromatic heterocycles. The summed E-state index contributed by atoms with van der Waals surface area (Å²) in [5.41, 5.74) is 4.83. The molecule has 0 saturated carbocycles. The number of hydrogen-bond acceptors (Lipinski definition) is 5. The van der Waals surface area contributed by atoms with Gasteiger partial charge in [-0.15, -0.1) is 0 Å². The van der Waals surface area contributed by atoms with Crippen molar-refractivity contribution in [3.63, 3.8) is 0 Å². The maximum absolute atomic E-state index is 14.1. The van der Waals surface area contributed by atoms with Crippen molar-refractivity contribution in [2.45, 2.75) is 32.6 Å². The average molecular weight is 532 g/mol. The van der Waals surface area contributed by atoms with Gasteiger partial charge in [0.2, 0.25) is 0 Å². The van der Waals surface area contributed by atoms with Crippen molar-refractivity contribution in [3.8, 4) is 16.9 Å². The fourth-order valence-electron chi connectivity index (χ4n) is 5.62. The van der Waals surface area contributed by atoms with Gasteiger partial charge in [-0.2, -0.15) is 10.2 Å². The Labute approximate surface area is 226 Å². The van der Waals surface area contributed by atoms with Crippen molar-refractivity contribution in [3.05, 3.63) is 89.4 Å². The molecule has 2 atom stereocenters. The monoisotopic (exact) mass is 531 g/mol. The number of para-hydroxylation sites is 1. The number of benzene rings is 2. The first-order valence-corrected chi connectivity index (χ1v) is 13.0. The van der Waals surface area contributed by atoms with Gasteiger partial charge in [-0.1, -0.05) is 24.3 Å². The smallest absolute Gasteiger partial charge is 0.159 e. The van der Waals surface area contributed by atoms with Gasteiger partial charge in [-0.3, -0.25) is 19.2 Å². The summed E-state index contributed by atoms with van der Waals surface area (Å²) in [4.78, 5) is 27.4. The molecule has 0 N–H and O–H groups in total. The van der Waals surface area contributed by atoms with Crippen LogP contribution in [0.3, 0.4) is 0 Å². The van der Waals surface area contributed by atoms with E-state index in [9.17, 15) is 18.4 Å². The Morgan fingerprint density at radius 2 is 1.82 bits per heavy atom. The highest BCUT2D eigenvalue weighted by Gasteiger charge is 2.36. The van der Waals surface area contributed by atoms with Crippen molar-refractivity contribution >= 4 is 11.6 Å². The summed E-state index contributed by atoms with van der Waals surface area (Å²) in [5.74, 6) is -2.08. The van der Waals surface area contributed by atoms with Crippen molar-refractivity contribution < 1.29 is 18.4 Å². The Morgan fingerprint density at radius 3 is 2.49 bits per heavy atom. The summed E-state index contributed by atoms with van der Waals surface area (Å²) in [6.45, 7) is 4.80. The van der Waals surface area contributed by atoms with Crippen LogP contribution in [-0.2, 0) is 23.1 Å². The van der Waals surface area contributed by atoms with E-state index in [1.54, 1.807) is 16.9 Å². The van der Waals surface area contributed by atoms with Crippen LogP contribution in [0.4, 0.5) is 8.78 Å². The third-order valence-electron chi connectivity index (χ3n) is 7.41. The molecule has 2 aromatic carbocycles. The van der Waals surface area contributed by atoms with E-state index in [-0.39, 0.29) is 42.8 Å². The summed E-state index contributed by atoms with van der Waals surface area (Å²) < 4.78 is 31.2. The molecule has 0 radical (unpaired) electrons. The quantitative estimate of drug-likeness (QED) is 0.314. The predicted molar refractivity (Wildman–Crippen MR) is 144 cm³/mol. The van der Waals surface area contributed by atoms with E-state index in [0.717, 1.165) is 34.3 Å². The van der Waals surface area contributed by atoms with Crippen LogP contribution in [0.15, 0.2) is 60.9 Å². The molecule has 3 heterocycles. The van der Waals surface area contributed by atoms with Crippen LogP contribution in [0.1, 0.15) is 36.1 Å². The van der Waals surface area contributed by atoms with E-state index < -0.39 is 11.6 Å². The number of rotatable bonds is 9. The van der Waals surface area contributed by atoms with E-state index in [4.69, 9.17) is 5.10 Å². The van der Waals surface area contributed by atoms with E-state index in [1.165, 1.54) is 13.0 Å². The number of carbonyl (C=O) groups excluding carboxylic acids is 2. The van der Waals surface area contributed by atoms with Crippen LogP contribution in [0, 0.1) is 24.5 Å². The third-order valence-corrected chi connectivity index (χ3v) is 7.41. The molecule has 39 heavy (non-hydrogen) atoms. The first-order chi connectivity index (χ1) is 18.7. The third kappa shape index (κ3) is 5.73. The Kier molecular flexibility index (Phi) is 7.52. The molecule has 9 heteroatoms. The number of halogens is 2. The molecule has 202 valence electrons. The Morgan fingerprint density at radius 1 is 1.05 bits per heavy atom. The molecule has 5 rings (SSSR count). The minimum absolute atomic E-state index is 0.0233. The Balaban J connectivity index is 1.43. The predicted octanol–water partition coefficient (Wildman–Crippen LogP) is 4.67. The fourth-order valence-corrected chi connectivity index (χ4v) is 5.62. The maximum atomic E-state index is 14.1. The van der Waals surface area contributed by atoms with Gasteiger partial charge in [0.05, 0.1) is 29.8 Å². The fraction of sp³-hybridized carbons (Fsp3) is 0.333. The van der Waals surface area contributed by atoms with Gasteiger partial charge in [-0.05, 0) is 55.2 Å². The minimum Gasteiger partial charge on any atom is -0.299 e. The van der Waals surface area contributed by atoms with Crippen LogP contribution in [0.5, 0.6) is 0 Å². The molecule has 1 fully saturated rings. The molecule has 1 saturated heterocycles. The van der Waals surface area contributed by atoms with E-state index in [1.807, 2.05) is 60.1 Å². The summed E-state index contributed by atoms with van der Waals surface area (Å²) >= 11 is 0. The maximum Gasteiger partial charge on any atom is 0.159 e. The number of ketones is 2. The number of aryl methyl sites for hydroxylation is 1. The molecule has 0 amide bonds.